The number of rotatable bonds is 8. The Morgan fingerprint density at radius 3 is 1.93 bits per heavy atom. The van der Waals surface area contributed by atoms with Crippen LogP contribution in [0.1, 0.15) is 59.8 Å². The van der Waals surface area contributed by atoms with Crippen LogP contribution in [0.3, 0.4) is 0 Å². The molecule has 0 aliphatic heterocycles. The molecule has 0 heterocycles. The minimum absolute atomic E-state index is 0.193. The Labute approximate surface area is 89.1 Å². The van der Waals surface area contributed by atoms with E-state index in [-0.39, 0.29) is 6.10 Å². The Balaban J connectivity index is 3.76. The third kappa shape index (κ3) is 7.34. The fraction of sp³-hybridized carbons (Fsp3) is 1.00. The summed E-state index contributed by atoms with van der Waals surface area (Å²) >= 11 is 0. The fourth-order valence-electron chi connectivity index (χ4n) is 1.99. The highest BCUT2D eigenvalue weighted by Gasteiger charge is 2.11. The van der Waals surface area contributed by atoms with Crippen LogP contribution >= 0.6 is 0 Å². The van der Waals surface area contributed by atoms with Crippen LogP contribution in [0.4, 0.5) is 0 Å². The van der Waals surface area contributed by atoms with Gasteiger partial charge in [-0.1, -0.05) is 26.7 Å². The van der Waals surface area contributed by atoms with Gasteiger partial charge in [0.05, 0.1) is 6.10 Å². The molecule has 0 saturated heterocycles. The molecule has 0 saturated carbocycles. The van der Waals surface area contributed by atoms with Crippen LogP contribution in [0.2, 0.25) is 0 Å². The van der Waals surface area contributed by atoms with Crippen LogP contribution in [0.15, 0.2) is 0 Å². The smallest absolute Gasteiger partial charge is 0.0526 e. The van der Waals surface area contributed by atoms with Gasteiger partial charge >= 0.3 is 0 Å². The van der Waals surface area contributed by atoms with Crippen LogP contribution in [0.5, 0.6) is 0 Å². The number of aliphatic hydroxyl groups is 1. The molecule has 0 aromatic carbocycles. The normalized spacial score (nSPS) is 15.9. The van der Waals surface area contributed by atoms with E-state index in [1.807, 2.05) is 6.92 Å². The Morgan fingerprint density at radius 1 is 1.07 bits per heavy atom. The summed E-state index contributed by atoms with van der Waals surface area (Å²) in [5, 5.41) is 12.8. The molecule has 0 fully saturated rings. The van der Waals surface area contributed by atoms with Gasteiger partial charge in [0.25, 0.3) is 0 Å². The summed E-state index contributed by atoms with van der Waals surface area (Å²) in [6.07, 6.45) is 5.62. The van der Waals surface area contributed by atoms with E-state index in [4.69, 9.17) is 0 Å². The molecule has 2 unspecified atom stereocenters. The second-order valence-corrected chi connectivity index (χ2v) is 4.43. The van der Waals surface area contributed by atoms with Gasteiger partial charge in [-0.2, -0.15) is 0 Å². The second kappa shape index (κ2) is 8.25. The molecule has 2 atom stereocenters. The molecule has 0 aliphatic rings. The van der Waals surface area contributed by atoms with E-state index in [1.165, 1.54) is 25.7 Å². The lowest BCUT2D eigenvalue weighted by atomic mass is 10.0. The highest BCUT2D eigenvalue weighted by atomic mass is 16.3. The molecule has 0 aromatic heterocycles. The summed E-state index contributed by atoms with van der Waals surface area (Å²) in [7, 11) is 0. The molecule has 0 radical (unpaired) electrons. The van der Waals surface area contributed by atoms with Gasteiger partial charge in [0.15, 0.2) is 0 Å². The van der Waals surface area contributed by atoms with E-state index >= 15 is 0 Å². The first-order valence-electron chi connectivity index (χ1n) is 6.04. The first-order valence-corrected chi connectivity index (χ1v) is 6.04. The van der Waals surface area contributed by atoms with Crippen molar-refractivity contribution in [3.63, 3.8) is 0 Å². The van der Waals surface area contributed by atoms with Crippen LogP contribution < -0.4 is 5.32 Å². The maximum Gasteiger partial charge on any atom is 0.0526 e. The van der Waals surface area contributed by atoms with E-state index in [1.54, 1.807) is 0 Å². The van der Waals surface area contributed by atoms with Crippen LogP contribution in [0, 0.1) is 0 Å². The van der Waals surface area contributed by atoms with Crippen molar-refractivity contribution in [3.8, 4) is 0 Å². The van der Waals surface area contributed by atoms with E-state index in [0.29, 0.717) is 12.1 Å². The highest BCUT2D eigenvalue weighted by molar-refractivity contribution is 4.72. The topological polar surface area (TPSA) is 32.3 Å². The van der Waals surface area contributed by atoms with Crippen molar-refractivity contribution < 1.29 is 5.11 Å². The predicted octanol–water partition coefficient (Wildman–Crippen LogP) is 2.70. The summed E-state index contributed by atoms with van der Waals surface area (Å²) in [6.45, 7) is 8.46. The molecule has 0 rings (SSSR count). The van der Waals surface area contributed by atoms with Crippen LogP contribution in [0.25, 0.3) is 0 Å². The molecule has 86 valence electrons. The van der Waals surface area contributed by atoms with Crippen molar-refractivity contribution in [1.82, 2.24) is 5.32 Å². The Hall–Kier alpha value is -0.0800. The number of nitrogens with one attached hydrogen (secondary N) is 1. The monoisotopic (exact) mass is 201 g/mol. The lowest BCUT2D eigenvalue weighted by molar-refractivity contribution is 0.166. The zero-order valence-electron chi connectivity index (χ0n) is 10.2. The SMILES string of the molecule is CCCC(CCC)NC(C)CC(C)O. The zero-order valence-corrected chi connectivity index (χ0v) is 10.2. The minimum Gasteiger partial charge on any atom is -0.393 e. The molecule has 14 heavy (non-hydrogen) atoms. The van der Waals surface area contributed by atoms with Gasteiger partial charge < -0.3 is 10.4 Å². The third-order valence-electron chi connectivity index (χ3n) is 2.49. The zero-order chi connectivity index (χ0) is 11.0. The third-order valence-corrected chi connectivity index (χ3v) is 2.49. The van der Waals surface area contributed by atoms with Crippen LogP contribution in [-0.2, 0) is 0 Å². The number of hydrogen-bond donors (Lipinski definition) is 2. The van der Waals surface area contributed by atoms with Crippen LogP contribution in [-0.4, -0.2) is 23.3 Å². The molecule has 0 amide bonds. The summed E-state index contributed by atoms with van der Waals surface area (Å²) < 4.78 is 0. The van der Waals surface area contributed by atoms with Crippen molar-refractivity contribution in [1.29, 1.82) is 0 Å². The van der Waals surface area contributed by atoms with Gasteiger partial charge in [0.1, 0.15) is 0 Å². The first-order chi connectivity index (χ1) is 6.60. The van der Waals surface area contributed by atoms with Crippen molar-refractivity contribution in [3.05, 3.63) is 0 Å². The summed E-state index contributed by atoms with van der Waals surface area (Å²) in [5.74, 6) is 0. The molecule has 2 N–H and O–H groups in total. The standard InChI is InChI=1S/C12H27NO/c1-5-7-12(8-6-2)13-10(3)9-11(4)14/h10-14H,5-9H2,1-4H3. The summed E-state index contributed by atoms with van der Waals surface area (Å²) in [6, 6.07) is 1.07. The molecule has 2 nitrogen and oxygen atoms in total. The first kappa shape index (κ1) is 13.9. The number of hydrogen-bond acceptors (Lipinski definition) is 2. The maximum absolute atomic E-state index is 9.26. The van der Waals surface area contributed by atoms with Gasteiger partial charge in [-0.3, -0.25) is 0 Å². The number of aliphatic hydroxyl groups excluding tert-OH is 1. The molecule has 2 heteroatoms. The molecule has 0 aromatic rings. The van der Waals surface area contributed by atoms with E-state index < -0.39 is 0 Å². The average molecular weight is 201 g/mol. The van der Waals surface area contributed by atoms with Crippen molar-refractivity contribution >= 4 is 0 Å². The quantitative estimate of drug-likeness (QED) is 0.633. The van der Waals surface area contributed by atoms with Gasteiger partial charge in [-0.25, -0.2) is 0 Å². The van der Waals surface area contributed by atoms with Crippen molar-refractivity contribution in [2.75, 3.05) is 0 Å². The van der Waals surface area contributed by atoms with E-state index in [2.05, 4.69) is 26.1 Å². The average Bonchev–Trinajstić information content (AvgIpc) is 2.03. The van der Waals surface area contributed by atoms with Gasteiger partial charge in [0.2, 0.25) is 0 Å². The van der Waals surface area contributed by atoms with Crippen molar-refractivity contribution in [2.24, 2.45) is 0 Å². The molecular weight excluding hydrogens is 174 g/mol. The lowest BCUT2D eigenvalue weighted by Gasteiger charge is -2.23. The molecular formula is C12H27NO. The Bertz CT molecular complexity index is 119. The molecule has 0 spiro atoms. The second-order valence-electron chi connectivity index (χ2n) is 4.43. The van der Waals surface area contributed by atoms with Gasteiger partial charge in [-0.05, 0) is 33.1 Å². The van der Waals surface area contributed by atoms with E-state index in [0.717, 1.165) is 6.42 Å². The fourth-order valence-corrected chi connectivity index (χ4v) is 1.99. The van der Waals surface area contributed by atoms with Crippen molar-refractivity contribution in [2.45, 2.75) is 78.0 Å². The highest BCUT2D eigenvalue weighted by Crippen LogP contribution is 2.07. The summed E-state index contributed by atoms with van der Waals surface area (Å²) in [4.78, 5) is 0. The molecule has 0 bridgehead atoms. The van der Waals surface area contributed by atoms with Gasteiger partial charge in [0, 0.05) is 12.1 Å². The summed E-state index contributed by atoms with van der Waals surface area (Å²) in [5.41, 5.74) is 0. The lowest BCUT2D eigenvalue weighted by Crippen LogP contribution is -2.38. The van der Waals surface area contributed by atoms with Gasteiger partial charge in [-0.15, -0.1) is 0 Å². The maximum atomic E-state index is 9.26. The predicted molar refractivity (Wildman–Crippen MR) is 62.5 cm³/mol. The van der Waals surface area contributed by atoms with E-state index in [9.17, 15) is 5.11 Å². The Kier molecular flexibility index (Phi) is 8.20. The minimum atomic E-state index is -0.193. The molecule has 0 aliphatic carbocycles. The largest absolute Gasteiger partial charge is 0.393 e. The Morgan fingerprint density at radius 2 is 1.57 bits per heavy atom.